The maximum atomic E-state index is 13.1. The number of anilines is 1. The van der Waals surface area contributed by atoms with Crippen LogP contribution in [0, 0.1) is 11.7 Å². The lowest BCUT2D eigenvalue weighted by Crippen LogP contribution is -2.37. The number of methoxy groups -OCH3 is 1. The van der Waals surface area contributed by atoms with E-state index < -0.39 is 15.9 Å². The van der Waals surface area contributed by atoms with Gasteiger partial charge in [0.25, 0.3) is 0 Å². The second kappa shape index (κ2) is 11.0. The molecule has 180 valence electrons. The summed E-state index contributed by atoms with van der Waals surface area (Å²) >= 11 is 0. The van der Waals surface area contributed by atoms with Gasteiger partial charge in [0.2, 0.25) is 0 Å². The topological polar surface area (TPSA) is 84.9 Å². The average molecular weight is 487 g/mol. The van der Waals surface area contributed by atoms with Crippen LogP contribution in [-0.2, 0) is 16.7 Å². The lowest BCUT2D eigenvalue weighted by Gasteiger charge is -2.25. The minimum Gasteiger partial charge on any atom is -0.497 e. The molecular formula is C25H27FN2O5S. The van der Waals surface area contributed by atoms with E-state index in [1.54, 1.807) is 48.4 Å². The van der Waals surface area contributed by atoms with Crippen molar-refractivity contribution in [1.82, 2.24) is 4.90 Å². The summed E-state index contributed by atoms with van der Waals surface area (Å²) in [5.74, 6) is 0.516. The van der Waals surface area contributed by atoms with Crippen molar-refractivity contribution in [1.29, 1.82) is 0 Å². The molecule has 2 amide bonds. The van der Waals surface area contributed by atoms with Crippen LogP contribution in [0.2, 0.25) is 0 Å². The van der Waals surface area contributed by atoms with E-state index in [-0.39, 0.29) is 22.6 Å². The van der Waals surface area contributed by atoms with Crippen molar-refractivity contribution in [2.45, 2.75) is 25.3 Å². The highest BCUT2D eigenvalue weighted by molar-refractivity contribution is 7.87. The number of nitrogens with zero attached hydrogens (tertiary/aromatic N) is 1. The molecule has 0 unspecified atom stereocenters. The van der Waals surface area contributed by atoms with Gasteiger partial charge in [0.1, 0.15) is 22.2 Å². The van der Waals surface area contributed by atoms with Gasteiger partial charge < -0.3 is 19.1 Å². The number of benzene rings is 3. The third-order valence-corrected chi connectivity index (χ3v) is 6.08. The Labute approximate surface area is 199 Å². The molecule has 34 heavy (non-hydrogen) atoms. The summed E-state index contributed by atoms with van der Waals surface area (Å²) in [6.07, 6.45) is 0. The Hall–Kier alpha value is -3.59. The van der Waals surface area contributed by atoms with E-state index in [0.29, 0.717) is 24.5 Å². The standard InChI is InChI=1S/C25H27FN2O5S/c1-18(2)16-28(25(29)27-21-8-12-22(32-3)13-9-21)17-19-4-10-23(11-5-19)33-34(30,31)24-14-6-20(26)7-15-24/h4-15,18H,16-17H2,1-3H3,(H,27,29). The van der Waals surface area contributed by atoms with Crippen LogP contribution in [0.4, 0.5) is 14.9 Å². The predicted octanol–water partition coefficient (Wildman–Crippen LogP) is 5.29. The zero-order valence-corrected chi connectivity index (χ0v) is 20.0. The van der Waals surface area contributed by atoms with E-state index in [1.165, 1.54) is 12.1 Å². The SMILES string of the molecule is COc1ccc(NC(=O)N(Cc2ccc(OS(=O)(=O)c3ccc(F)cc3)cc2)CC(C)C)cc1. The van der Waals surface area contributed by atoms with Gasteiger partial charge in [-0.3, -0.25) is 0 Å². The van der Waals surface area contributed by atoms with Gasteiger partial charge in [0.05, 0.1) is 7.11 Å². The molecule has 0 radical (unpaired) electrons. The van der Waals surface area contributed by atoms with Gasteiger partial charge in [-0.1, -0.05) is 26.0 Å². The monoisotopic (exact) mass is 486 g/mol. The van der Waals surface area contributed by atoms with E-state index in [4.69, 9.17) is 8.92 Å². The van der Waals surface area contributed by atoms with E-state index in [9.17, 15) is 17.6 Å². The first-order valence-corrected chi connectivity index (χ1v) is 12.1. The van der Waals surface area contributed by atoms with Crippen molar-refractivity contribution in [3.05, 3.63) is 84.2 Å². The number of nitrogens with one attached hydrogen (secondary N) is 1. The van der Waals surface area contributed by atoms with Crippen LogP contribution < -0.4 is 14.2 Å². The zero-order chi connectivity index (χ0) is 24.7. The largest absolute Gasteiger partial charge is 0.497 e. The number of ether oxygens (including phenoxy) is 1. The van der Waals surface area contributed by atoms with E-state index >= 15 is 0 Å². The molecule has 0 aromatic heterocycles. The van der Waals surface area contributed by atoms with Crippen molar-refractivity contribution in [2.75, 3.05) is 19.0 Å². The summed E-state index contributed by atoms with van der Waals surface area (Å²) in [7, 11) is -2.51. The molecule has 3 rings (SSSR count). The van der Waals surface area contributed by atoms with Crippen LogP contribution in [-0.4, -0.2) is 33.0 Å². The number of urea groups is 1. The highest BCUT2D eigenvalue weighted by atomic mass is 32.2. The lowest BCUT2D eigenvalue weighted by molar-refractivity contribution is 0.201. The molecule has 0 bridgehead atoms. The first-order chi connectivity index (χ1) is 16.2. The zero-order valence-electron chi connectivity index (χ0n) is 19.2. The molecule has 0 aliphatic rings. The molecule has 0 saturated heterocycles. The number of amides is 2. The average Bonchev–Trinajstić information content (AvgIpc) is 2.80. The van der Waals surface area contributed by atoms with Crippen LogP contribution in [0.3, 0.4) is 0 Å². The fraction of sp³-hybridized carbons (Fsp3) is 0.240. The highest BCUT2D eigenvalue weighted by Crippen LogP contribution is 2.21. The van der Waals surface area contributed by atoms with Crippen LogP contribution in [0.5, 0.6) is 11.5 Å². The maximum absolute atomic E-state index is 13.1. The molecule has 0 atom stereocenters. The Morgan fingerprint density at radius 3 is 2.09 bits per heavy atom. The van der Waals surface area contributed by atoms with E-state index in [2.05, 4.69) is 5.32 Å². The molecule has 3 aromatic carbocycles. The Bertz CT molecular complexity index is 1200. The maximum Gasteiger partial charge on any atom is 0.339 e. The number of carbonyl (C=O) groups is 1. The van der Waals surface area contributed by atoms with Crippen molar-refractivity contribution in [3.63, 3.8) is 0 Å². The second-order valence-electron chi connectivity index (χ2n) is 8.07. The molecule has 0 saturated carbocycles. The fourth-order valence-electron chi connectivity index (χ4n) is 3.18. The molecular weight excluding hydrogens is 459 g/mol. The fourth-order valence-corrected chi connectivity index (χ4v) is 4.11. The number of halogens is 1. The summed E-state index contributed by atoms with van der Waals surface area (Å²) < 4.78 is 48.1. The van der Waals surface area contributed by atoms with Crippen molar-refractivity contribution in [2.24, 2.45) is 5.92 Å². The quantitative estimate of drug-likeness (QED) is 0.415. The van der Waals surface area contributed by atoms with Gasteiger partial charge in [-0.15, -0.1) is 0 Å². The first-order valence-electron chi connectivity index (χ1n) is 10.7. The van der Waals surface area contributed by atoms with Crippen molar-refractivity contribution in [3.8, 4) is 11.5 Å². The summed E-state index contributed by atoms with van der Waals surface area (Å²) in [6.45, 7) is 4.89. The Kier molecular flexibility index (Phi) is 8.12. The molecule has 7 nitrogen and oxygen atoms in total. The molecule has 9 heteroatoms. The number of hydrogen-bond donors (Lipinski definition) is 1. The van der Waals surface area contributed by atoms with Crippen molar-refractivity contribution < 1.29 is 26.5 Å². The van der Waals surface area contributed by atoms with Crippen LogP contribution in [0.1, 0.15) is 19.4 Å². The Balaban J connectivity index is 1.68. The third kappa shape index (κ3) is 6.95. The molecule has 0 fully saturated rings. The third-order valence-electron chi connectivity index (χ3n) is 4.82. The van der Waals surface area contributed by atoms with Gasteiger partial charge >= 0.3 is 16.1 Å². The number of carbonyl (C=O) groups excluding carboxylic acids is 1. The normalized spacial score (nSPS) is 11.2. The Morgan fingerprint density at radius 1 is 0.941 bits per heavy atom. The molecule has 1 N–H and O–H groups in total. The van der Waals surface area contributed by atoms with Gasteiger partial charge in [-0.05, 0) is 72.1 Å². The first kappa shape index (κ1) is 25.0. The van der Waals surface area contributed by atoms with Crippen LogP contribution in [0.15, 0.2) is 77.7 Å². The minimum absolute atomic E-state index is 0.117. The number of rotatable bonds is 9. The van der Waals surface area contributed by atoms with Gasteiger partial charge in [-0.25, -0.2) is 9.18 Å². The minimum atomic E-state index is -4.09. The van der Waals surface area contributed by atoms with Gasteiger partial charge in [0.15, 0.2) is 0 Å². The molecule has 0 spiro atoms. The second-order valence-corrected chi connectivity index (χ2v) is 9.61. The predicted molar refractivity (Wildman–Crippen MR) is 128 cm³/mol. The highest BCUT2D eigenvalue weighted by Gasteiger charge is 2.18. The smallest absolute Gasteiger partial charge is 0.339 e. The summed E-state index contributed by atoms with van der Waals surface area (Å²) in [6, 6.07) is 17.6. The molecule has 0 aliphatic carbocycles. The molecule has 0 aliphatic heterocycles. The van der Waals surface area contributed by atoms with Crippen molar-refractivity contribution >= 4 is 21.8 Å². The van der Waals surface area contributed by atoms with Gasteiger partial charge in [0, 0.05) is 18.8 Å². The van der Waals surface area contributed by atoms with Crippen LogP contribution in [0.25, 0.3) is 0 Å². The van der Waals surface area contributed by atoms with E-state index in [0.717, 1.165) is 29.8 Å². The molecule has 3 aromatic rings. The lowest BCUT2D eigenvalue weighted by atomic mass is 10.1. The summed E-state index contributed by atoms with van der Waals surface area (Å²) in [5.41, 5.74) is 1.45. The van der Waals surface area contributed by atoms with E-state index in [1.807, 2.05) is 13.8 Å². The van der Waals surface area contributed by atoms with Gasteiger partial charge in [-0.2, -0.15) is 8.42 Å². The summed E-state index contributed by atoms with van der Waals surface area (Å²) in [5, 5.41) is 2.88. The number of hydrogen-bond acceptors (Lipinski definition) is 5. The Morgan fingerprint density at radius 2 is 1.53 bits per heavy atom. The van der Waals surface area contributed by atoms with Crippen LogP contribution >= 0.6 is 0 Å². The molecule has 0 heterocycles. The summed E-state index contributed by atoms with van der Waals surface area (Å²) in [4.78, 5) is 14.4.